The van der Waals surface area contributed by atoms with Crippen LogP contribution < -0.4 is 4.57 Å². The molecule has 0 atom stereocenters. The van der Waals surface area contributed by atoms with Gasteiger partial charge in [-0.05, 0) is 49.4 Å². The molecule has 0 fully saturated rings. The van der Waals surface area contributed by atoms with Crippen molar-refractivity contribution >= 4 is 0 Å². The third-order valence-corrected chi connectivity index (χ3v) is 4.02. The number of aromatic nitrogens is 1. The first-order chi connectivity index (χ1) is 8.91. The van der Waals surface area contributed by atoms with Crippen molar-refractivity contribution in [2.24, 2.45) is 7.05 Å². The largest absolute Gasteiger partial charge is 0.215 e. The lowest BCUT2D eigenvalue weighted by atomic mass is 9.94. The summed E-state index contributed by atoms with van der Waals surface area (Å²) in [5.41, 5.74) is 8.15. The molecule has 0 aliphatic carbocycles. The maximum Gasteiger partial charge on any atom is 0.215 e. The molecule has 0 bridgehead atoms. The third-order valence-electron chi connectivity index (χ3n) is 4.02. The number of rotatable bonds is 2. The maximum absolute atomic E-state index is 2.32. The van der Waals surface area contributed by atoms with Crippen LogP contribution in [-0.4, -0.2) is 0 Å². The first-order valence-electron chi connectivity index (χ1n) is 6.98. The molecule has 0 unspecified atom stereocenters. The zero-order valence-electron chi connectivity index (χ0n) is 12.9. The average Bonchev–Trinajstić information content (AvgIpc) is 2.36. The summed E-state index contributed by atoms with van der Waals surface area (Å²) in [4.78, 5) is 0. The molecular formula is C18H24N+. The molecular weight excluding hydrogens is 230 g/mol. The van der Waals surface area contributed by atoms with Crippen molar-refractivity contribution in [3.8, 4) is 11.3 Å². The Morgan fingerprint density at radius 3 is 2.21 bits per heavy atom. The highest BCUT2D eigenvalue weighted by Crippen LogP contribution is 2.27. The minimum absolute atomic E-state index is 0.583. The summed E-state index contributed by atoms with van der Waals surface area (Å²) >= 11 is 0. The molecule has 0 N–H and O–H groups in total. The van der Waals surface area contributed by atoms with E-state index in [4.69, 9.17) is 0 Å². The highest BCUT2D eigenvalue weighted by atomic mass is 14.9. The van der Waals surface area contributed by atoms with Gasteiger partial charge in [0.1, 0.15) is 7.05 Å². The monoisotopic (exact) mass is 254 g/mol. The summed E-state index contributed by atoms with van der Waals surface area (Å²) in [5.74, 6) is 0.583. The van der Waals surface area contributed by atoms with Crippen LogP contribution in [0.4, 0.5) is 0 Å². The fraction of sp³-hybridized carbons (Fsp3) is 0.389. The van der Waals surface area contributed by atoms with Gasteiger partial charge in [0.15, 0.2) is 6.20 Å². The van der Waals surface area contributed by atoms with Crippen molar-refractivity contribution in [2.45, 2.75) is 40.5 Å². The lowest BCUT2D eigenvalue weighted by Gasteiger charge is -2.12. The molecule has 100 valence electrons. The van der Waals surface area contributed by atoms with E-state index < -0.39 is 0 Å². The Kier molecular flexibility index (Phi) is 3.75. The van der Waals surface area contributed by atoms with Crippen molar-refractivity contribution in [3.05, 3.63) is 52.7 Å². The SMILES string of the molecule is Cc1cc(C(C)C)ccc1-c1c(C)c(C)cc[n+]1C. The van der Waals surface area contributed by atoms with Crippen LogP contribution in [0.5, 0.6) is 0 Å². The van der Waals surface area contributed by atoms with E-state index >= 15 is 0 Å². The van der Waals surface area contributed by atoms with Gasteiger partial charge in [0.05, 0.1) is 0 Å². The highest BCUT2D eigenvalue weighted by molar-refractivity contribution is 5.65. The van der Waals surface area contributed by atoms with E-state index in [-0.39, 0.29) is 0 Å². The lowest BCUT2D eigenvalue weighted by Crippen LogP contribution is -2.32. The second-order valence-electron chi connectivity index (χ2n) is 5.81. The Bertz CT molecular complexity index is 609. The van der Waals surface area contributed by atoms with Gasteiger partial charge in [0, 0.05) is 17.2 Å². The van der Waals surface area contributed by atoms with Crippen LogP contribution in [0.1, 0.15) is 42.0 Å². The molecule has 1 aromatic heterocycles. The lowest BCUT2D eigenvalue weighted by molar-refractivity contribution is -0.660. The van der Waals surface area contributed by atoms with Gasteiger partial charge >= 0.3 is 0 Å². The molecule has 0 saturated carbocycles. The van der Waals surface area contributed by atoms with Crippen molar-refractivity contribution in [1.29, 1.82) is 0 Å². The Hall–Kier alpha value is -1.63. The van der Waals surface area contributed by atoms with E-state index in [0.717, 1.165) is 0 Å². The molecule has 19 heavy (non-hydrogen) atoms. The van der Waals surface area contributed by atoms with E-state index in [1.165, 1.54) is 33.5 Å². The second kappa shape index (κ2) is 5.16. The Morgan fingerprint density at radius 2 is 1.63 bits per heavy atom. The van der Waals surface area contributed by atoms with Crippen molar-refractivity contribution in [1.82, 2.24) is 0 Å². The number of aryl methyl sites for hydroxylation is 3. The molecule has 0 saturated heterocycles. The van der Waals surface area contributed by atoms with Crippen molar-refractivity contribution in [3.63, 3.8) is 0 Å². The number of pyridine rings is 1. The van der Waals surface area contributed by atoms with Gasteiger partial charge in [-0.3, -0.25) is 0 Å². The van der Waals surface area contributed by atoms with Gasteiger partial charge in [-0.15, -0.1) is 0 Å². The fourth-order valence-corrected chi connectivity index (χ4v) is 2.58. The van der Waals surface area contributed by atoms with Crippen LogP contribution in [0.3, 0.4) is 0 Å². The summed E-state index contributed by atoms with van der Waals surface area (Å²) in [6, 6.07) is 9.03. The van der Waals surface area contributed by atoms with Crippen LogP contribution in [0, 0.1) is 20.8 Å². The van der Waals surface area contributed by atoms with Crippen LogP contribution in [0.2, 0.25) is 0 Å². The summed E-state index contributed by atoms with van der Waals surface area (Å²) < 4.78 is 2.22. The molecule has 2 aromatic rings. The van der Waals surface area contributed by atoms with E-state index in [1.807, 2.05) is 0 Å². The number of hydrogen-bond acceptors (Lipinski definition) is 0. The zero-order chi connectivity index (χ0) is 14.2. The first kappa shape index (κ1) is 13.8. The van der Waals surface area contributed by atoms with Crippen molar-refractivity contribution < 1.29 is 4.57 Å². The minimum Gasteiger partial charge on any atom is -0.201 e. The van der Waals surface area contributed by atoms with Crippen LogP contribution in [-0.2, 0) is 7.05 Å². The molecule has 0 spiro atoms. The van der Waals surface area contributed by atoms with Gasteiger partial charge in [-0.2, -0.15) is 0 Å². The van der Waals surface area contributed by atoms with Crippen LogP contribution in [0.15, 0.2) is 30.5 Å². The highest BCUT2D eigenvalue weighted by Gasteiger charge is 2.17. The summed E-state index contributed by atoms with van der Waals surface area (Å²) in [5, 5.41) is 0. The van der Waals surface area contributed by atoms with Gasteiger partial charge in [-0.1, -0.05) is 26.0 Å². The molecule has 1 heterocycles. The molecule has 1 heteroatoms. The topological polar surface area (TPSA) is 3.88 Å². The van der Waals surface area contributed by atoms with Gasteiger partial charge in [0.25, 0.3) is 0 Å². The first-order valence-corrected chi connectivity index (χ1v) is 6.98. The zero-order valence-corrected chi connectivity index (χ0v) is 12.9. The van der Waals surface area contributed by atoms with E-state index in [9.17, 15) is 0 Å². The molecule has 0 aliphatic heterocycles. The fourth-order valence-electron chi connectivity index (χ4n) is 2.58. The summed E-state index contributed by atoms with van der Waals surface area (Å²) in [7, 11) is 2.12. The maximum atomic E-state index is 2.32. The van der Waals surface area contributed by atoms with E-state index in [2.05, 4.69) is 76.7 Å². The Morgan fingerprint density at radius 1 is 0.947 bits per heavy atom. The van der Waals surface area contributed by atoms with Gasteiger partial charge in [-0.25, -0.2) is 4.57 Å². The Labute approximate surface area is 116 Å². The number of hydrogen-bond donors (Lipinski definition) is 0. The number of benzene rings is 1. The smallest absolute Gasteiger partial charge is 0.201 e. The van der Waals surface area contributed by atoms with Gasteiger partial charge < -0.3 is 0 Å². The minimum atomic E-state index is 0.583. The normalized spacial score (nSPS) is 11.1. The molecule has 0 aliphatic rings. The predicted molar refractivity (Wildman–Crippen MR) is 81.4 cm³/mol. The molecule has 1 aromatic carbocycles. The quantitative estimate of drug-likeness (QED) is 0.706. The molecule has 0 radical (unpaired) electrons. The summed E-state index contributed by atoms with van der Waals surface area (Å²) in [6.45, 7) is 11.1. The van der Waals surface area contributed by atoms with E-state index in [0.29, 0.717) is 5.92 Å². The molecule has 2 rings (SSSR count). The van der Waals surface area contributed by atoms with Crippen LogP contribution >= 0.6 is 0 Å². The molecule has 1 nitrogen and oxygen atoms in total. The van der Waals surface area contributed by atoms with Crippen LogP contribution in [0.25, 0.3) is 11.3 Å². The average molecular weight is 254 g/mol. The second-order valence-corrected chi connectivity index (χ2v) is 5.81. The Balaban J connectivity index is 2.63. The van der Waals surface area contributed by atoms with Gasteiger partial charge in [0.2, 0.25) is 5.69 Å². The number of nitrogens with zero attached hydrogens (tertiary/aromatic N) is 1. The van der Waals surface area contributed by atoms with E-state index in [1.54, 1.807) is 0 Å². The van der Waals surface area contributed by atoms with Crippen molar-refractivity contribution in [2.75, 3.05) is 0 Å². The molecule has 0 amide bonds. The standard InChI is InChI=1S/C18H24N/c1-12(2)16-7-8-17(14(4)11-16)18-15(5)13(3)9-10-19(18)6/h7-12H,1-6H3/q+1. The third kappa shape index (κ3) is 2.56. The summed E-state index contributed by atoms with van der Waals surface area (Å²) in [6.07, 6.45) is 2.15. The predicted octanol–water partition coefficient (Wildman–Crippen LogP) is 4.23.